The number of rotatable bonds is 5. The molecule has 0 saturated heterocycles. The lowest BCUT2D eigenvalue weighted by atomic mass is 10.0. The van der Waals surface area contributed by atoms with E-state index in [0.717, 1.165) is 0 Å². The Morgan fingerprint density at radius 1 is 1.14 bits per heavy atom. The third-order valence-corrected chi connectivity index (χ3v) is 1.64. The third kappa shape index (κ3) is 5.39. The second-order valence-electron chi connectivity index (χ2n) is 2.86. The number of hydrogen-bond acceptors (Lipinski definition) is 2. The van der Waals surface area contributed by atoms with Crippen molar-refractivity contribution >= 4 is 11.8 Å². The lowest BCUT2D eigenvalue weighted by Gasteiger charge is -2.10. The minimum atomic E-state index is -4.29. The highest BCUT2D eigenvalue weighted by Crippen LogP contribution is 2.23. The fourth-order valence-corrected chi connectivity index (χ4v) is 0.931. The van der Waals surface area contributed by atoms with E-state index in [1.54, 1.807) is 0 Å². The Bertz CT molecular complexity index is 213. The molecular weight excluding hydrogens is 201 g/mol. The van der Waals surface area contributed by atoms with E-state index in [2.05, 4.69) is 0 Å². The summed E-state index contributed by atoms with van der Waals surface area (Å²) in [6.07, 6.45) is -5.94. The number of nitrogens with two attached hydrogens (primary N) is 2. The molecule has 0 saturated carbocycles. The largest absolute Gasteiger partial charge is 0.389 e. The highest BCUT2D eigenvalue weighted by Gasteiger charge is 2.28. The minimum absolute atomic E-state index is 0.260. The van der Waals surface area contributed by atoms with E-state index in [0.29, 0.717) is 0 Å². The molecule has 4 N–H and O–H groups in total. The normalized spacial score (nSPS) is 11.7. The van der Waals surface area contributed by atoms with Crippen molar-refractivity contribution in [2.75, 3.05) is 0 Å². The molecule has 0 atom stereocenters. The van der Waals surface area contributed by atoms with Crippen molar-refractivity contribution in [1.29, 1.82) is 0 Å². The van der Waals surface area contributed by atoms with E-state index < -0.39 is 30.3 Å². The zero-order chi connectivity index (χ0) is 11.4. The topological polar surface area (TPSA) is 86.2 Å². The Morgan fingerprint density at radius 3 is 1.86 bits per heavy atom. The summed E-state index contributed by atoms with van der Waals surface area (Å²) in [5.74, 6) is -3.28. The SMILES string of the molecule is NC(=O)C(CCCC(F)(F)F)C(N)=O. The molecule has 2 amide bonds. The predicted octanol–water partition coefficient (Wildman–Crippen LogP) is 0.306. The summed E-state index contributed by atoms with van der Waals surface area (Å²) < 4.78 is 35.0. The number of carbonyl (C=O) groups is 2. The van der Waals surface area contributed by atoms with Crippen LogP contribution in [0.3, 0.4) is 0 Å². The molecule has 0 unspecified atom stereocenters. The Balaban J connectivity index is 3.97. The van der Waals surface area contributed by atoms with Crippen LogP contribution < -0.4 is 11.5 Å². The molecule has 0 aliphatic carbocycles. The van der Waals surface area contributed by atoms with Gasteiger partial charge in [-0.3, -0.25) is 9.59 Å². The van der Waals surface area contributed by atoms with Gasteiger partial charge in [0, 0.05) is 6.42 Å². The molecule has 0 radical (unpaired) electrons. The Hall–Kier alpha value is -1.27. The molecule has 7 heteroatoms. The van der Waals surface area contributed by atoms with Crippen LogP contribution in [0.1, 0.15) is 19.3 Å². The average molecular weight is 212 g/mol. The molecule has 0 aliphatic heterocycles. The van der Waals surface area contributed by atoms with Crippen molar-refractivity contribution in [2.45, 2.75) is 25.4 Å². The van der Waals surface area contributed by atoms with Crippen molar-refractivity contribution in [1.82, 2.24) is 0 Å². The molecule has 0 aromatic rings. The molecule has 0 bridgehead atoms. The van der Waals surface area contributed by atoms with Gasteiger partial charge in [0.2, 0.25) is 11.8 Å². The molecule has 0 heterocycles. The zero-order valence-electron chi connectivity index (χ0n) is 7.30. The van der Waals surface area contributed by atoms with Gasteiger partial charge in [-0.1, -0.05) is 0 Å². The van der Waals surface area contributed by atoms with E-state index in [4.69, 9.17) is 11.5 Å². The van der Waals surface area contributed by atoms with Gasteiger partial charge >= 0.3 is 6.18 Å². The van der Waals surface area contributed by atoms with Gasteiger partial charge in [0.25, 0.3) is 0 Å². The van der Waals surface area contributed by atoms with Crippen LogP contribution in [0.2, 0.25) is 0 Å². The van der Waals surface area contributed by atoms with Crippen LogP contribution in [-0.2, 0) is 9.59 Å². The predicted molar refractivity (Wildman–Crippen MR) is 41.8 cm³/mol. The maximum absolute atomic E-state index is 11.7. The molecule has 0 fully saturated rings. The standard InChI is InChI=1S/C7H11F3N2O2/c8-7(9,10)3-1-2-4(5(11)13)6(12)14/h4H,1-3H2,(H2,11,13)(H2,12,14). The first-order chi connectivity index (χ1) is 6.24. The van der Waals surface area contributed by atoms with Gasteiger partial charge in [-0.05, 0) is 12.8 Å². The fraction of sp³-hybridized carbons (Fsp3) is 0.714. The van der Waals surface area contributed by atoms with Gasteiger partial charge in [-0.25, -0.2) is 0 Å². The molecule has 0 rings (SSSR count). The molecule has 14 heavy (non-hydrogen) atoms. The number of carbonyl (C=O) groups excluding carboxylic acids is 2. The summed E-state index contributed by atoms with van der Waals surface area (Å²) in [6.45, 7) is 0. The smallest absolute Gasteiger partial charge is 0.369 e. The maximum atomic E-state index is 11.7. The summed E-state index contributed by atoms with van der Waals surface area (Å²) >= 11 is 0. The number of hydrogen-bond donors (Lipinski definition) is 2. The van der Waals surface area contributed by atoms with Crippen molar-refractivity contribution in [2.24, 2.45) is 17.4 Å². The van der Waals surface area contributed by atoms with Crippen molar-refractivity contribution in [3.63, 3.8) is 0 Å². The van der Waals surface area contributed by atoms with Crippen LogP contribution in [0.25, 0.3) is 0 Å². The van der Waals surface area contributed by atoms with Crippen LogP contribution in [0.4, 0.5) is 13.2 Å². The van der Waals surface area contributed by atoms with Gasteiger partial charge in [0.15, 0.2) is 0 Å². The molecule has 0 aromatic heterocycles. The number of halogens is 3. The van der Waals surface area contributed by atoms with Crippen LogP contribution in [-0.4, -0.2) is 18.0 Å². The second kappa shape index (κ2) is 4.83. The van der Waals surface area contributed by atoms with Crippen LogP contribution in [0.5, 0.6) is 0 Å². The summed E-state index contributed by atoms with van der Waals surface area (Å²) in [6, 6.07) is 0. The molecule has 82 valence electrons. The van der Waals surface area contributed by atoms with E-state index in [-0.39, 0.29) is 12.8 Å². The van der Waals surface area contributed by atoms with Crippen molar-refractivity contribution in [3.8, 4) is 0 Å². The Morgan fingerprint density at radius 2 is 1.57 bits per heavy atom. The van der Waals surface area contributed by atoms with E-state index in [1.807, 2.05) is 0 Å². The van der Waals surface area contributed by atoms with Crippen LogP contribution in [0, 0.1) is 5.92 Å². The molecule has 0 aromatic carbocycles. The first kappa shape index (κ1) is 12.7. The number of amides is 2. The van der Waals surface area contributed by atoms with Gasteiger partial charge in [0.05, 0.1) is 0 Å². The number of alkyl halides is 3. The van der Waals surface area contributed by atoms with Gasteiger partial charge in [0.1, 0.15) is 5.92 Å². The van der Waals surface area contributed by atoms with Gasteiger partial charge in [-0.2, -0.15) is 13.2 Å². The van der Waals surface area contributed by atoms with Crippen molar-refractivity contribution in [3.05, 3.63) is 0 Å². The highest BCUT2D eigenvalue weighted by atomic mass is 19.4. The minimum Gasteiger partial charge on any atom is -0.369 e. The lowest BCUT2D eigenvalue weighted by Crippen LogP contribution is -2.35. The average Bonchev–Trinajstić information content (AvgIpc) is 1.94. The second-order valence-corrected chi connectivity index (χ2v) is 2.86. The first-order valence-electron chi connectivity index (χ1n) is 3.89. The zero-order valence-corrected chi connectivity index (χ0v) is 7.30. The summed E-state index contributed by atoms with van der Waals surface area (Å²) in [5.41, 5.74) is 9.53. The Labute approximate surface area is 78.4 Å². The summed E-state index contributed by atoms with van der Waals surface area (Å²) in [7, 11) is 0. The summed E-state index contributed by atoms with van der Waals surface area (Å²) in [4.78, 5) is 21.1. The first-order valence-corrected chi connectivity index (χ1v) is 3.89. The monoisotopic (exact) mass is 212 g/mol. The number of primary amides is 2. The van der Waals surface area contributed by atoms with E-state index >= 15 is 0 Å². The fourth-order valence-electron chi connectivity index (χ4n) is 0.931. The van der Waals surface area contributed by atoms with Gasteiger partial charge in [-0.15, -0.1) is 0 Å². The maximum Gasteiger partial charge on any atom is 0.389 e. The van der Waals surface area contributed by atoms with E-state index in [1.165, 1.54) is 0 Å². The van der Waals surface area contributed by atoms with Crippen LogP contribution in [0.15, 0.2) is 0 Å². The van der Waals surface area contributed by atoms with Crippen LogP contribution >= 0.6 is 0 Å². The van der Waals surface area contributed by atoms with Crippen molar-refractivity contribution < 1.29 is 22.8 Å². The lowest BCUT2D eigenvalue weighted by molar-refractivity contribution is -0.140. The van der Waals surface area contributed by atoms with Gasteiger partial charge < -0.3 is 11.5 Å². The third-order valence-electron chi connectivity index (χ3n) is 1.64. The molecule has 0 aliphatic rings. The van der Waals surface area contributed by atoms with E-state index in [9.17, 15) is 22.8 Å². The highest BCUT2D eigenvalue weighted by molar-refractivity contribution is 5.98. The summed E-state index contributed by atoms with van der Waals surface area (Å²) in [5, 5.41) is 0. The molecule has 0 spiro atoms. The molecular formula is C7H11F3N2O2. The molecule has 4 nitrogen and oxygen atoms in total. The quantitative estimate of drug-likeness (QED) is 0.642. The Kier molecular flexibility index (Phi) is 4.39.